The lowest BCUT2D eigenvalue weighted by atomic mass is 10.0. The summed E-state index contributed by atoms with van der Waals surface area (Å²) in [7, 11) is -2.22. The molecular weight excluding hydrogens is 454 g/mol. The van der Waals surface area contributed by atoms with Crippen LogP contribution in [0.1, 0.15) is 38.3 Å². The number of sulfonamides is 1. The van der Waals surface area contributed by atoms with Crippen LogP contribution in [0.4, 0.5) is 0 Å². The molecule has 1 aromatic heterocycles. The number of hydrogen-bond acceptors (Lipinski definition) is 6. The van der Waals surface area contributed by atoms with Crippen LogP contribution in [0.5, 0.6) is 5.75 Å². The Balaban J connectivity index is 2.06. The zero-order chi connectivity index (χ0) is 24.9. The third-order valence-electron chi connectivity index (χ3n) is 5.86. The highest BCUT2D eigenvalue weighted by Crippen LogP contribution is 2.34. The zero-order valence-corrected chi connectivity index (χ0v) is 20.7. The normalized spacial score (nSPS) is 20.5. The average Bonchev–Trinajstić information content (AvgIpc) is 2.84. The quantitative estimate of drug-likeness (QED) is 0.652. The summed E-state index contributed by atoms with van der Waals surface area (Å²) in [4.78, 5) is 17.9. The fraction of sp³-hybridized carbons (Fsp3) is 0.440. The molecule has 0 bridgehead atoms. The third kappa shape index (κ3) is 5.76. The van der Waals surface area contributed by atoms with Crippen LogP contribution in [0, 0.1) is 17.8 Å². The van der Waals surface area contributed by atoms with Crippen molar-refractivity contribution < 1.29 is 23.1 Å². The molecule has 182 valence electrons. The highest BCUT2D eigenvalue weighted by molar-refractivity contribution is 7.89. The summed E-state index contributed by atoms with van der Waals surface area (Å²) < 4.78 is 34.6. The van der Waals surface area contributed by atoms with Crippen molar-refractivity contribution in [2.45, 2.75) is 44.2 Å². The Bertz CT molecular complexity index is 1170. The van der Waals surface area contributed by atoms with E-state index in [0.717, 1.165) is 5.56 Å². The third-order valence-corrected chi connectivity index (χ3v) is 7.88. The molecule has 0 saturated heterocycles. The molecule has 0 aliphatic carbocycles. The summed E-state index contributed by atoms with van der Waals surface area (Å²) in [5.41, 5.74) is 1.32. The van der Waals surface area contributed by atoms with E-state index >= 15 is 0 Å². The number of carbonyl (C=O) groups excluding carboxylic acids is 1. The second kappa shape index (κ2) is 11.0. The molecule has 0 fully saturated rings. The standard InChI is InChI=1S/C25H31N3O5S/c1-5-25(30)27(4)16-23-18(2)15-28(19(3)17-29)34(31,32)24-11-10-20(13-22(24)33-23)8-9-21-7-6-12-26-14-21/h6-7,10-14,18-19,23,29H,5,15-17H2,1-4H3/t18-,19-,23-/m1/s1. The van der Waals surface area contributed by atoms with Gasteiger partial charge in [0.15, 0.2) is 0 Å². The summed E-state index contributed by atoms with van der Waals surface area (Å²) in [6, 6.07) is 7.75. The maximum absolute atomic E-state index is 13.5. The van der Waals surface area contributed by atoms with Crippen LogP contribution in [-0.4, -0.2) is 72.5 Å². The van der Waals surface area contributed by atoms with Gasteiger partial charge in [-0.25, -0.2) is 8.42 Å². The minimum atomic E-state index is -3.93. The van der Waals surface area contributed by atoms with E-state index in [4.69, 9.17) is 4.74 Å². The summed E-state index contributed by atoms with van der Waals surface area (Å²) in [6.07, 6.45) is 3.22. The molecule has 1 N–H and O–H groups in total. The van der Waals surface area contributed by atoms with Crippen molar-refractivity contribution in [3.63, 3.8) is 0 Å². The average molecular weight is 486 g/mol. The molecule has 0 unspecified atom stereocenters. The number of benzene rings is 1. The first kappa shape index (κ1) is 25.7. The van der Waals surface area contributed by atoms with Gasteiger partial charge in [-0.3, -0.25) is 9.78 Å². The predicted molar refractivity (Wildman–Crippen MR) is 129 cm³/mol. The van der Waals surface area contributed by atoms with E-state index in [1.807, 2.05) is 13.0 Å². The van der Waals surface area contributed by atoms with Crippen molar-refractivity contribution in [1.82, 2.24) is 14.2 Å². The summed E-state index contributed by atoms with van der Waals surface area (Å²) in [5.74, 6) is 5.96. The van der Waals surface area contributed by atoms with E-state index < -0.39 is 22.2 Å². The molecule has 1 aliphatic heterocycles. The molecule has 0 spiro atoms. The minimum absolute atomic E-state index is 0.0149. The fourth-order valence-electron chi connectivity index (χ4n) is 3.74. The van der Waals surface area contributed by atoms with Crippen molar-refractivity contribution in [3.05, 3.63) is 53.9 Å². The molecule has 3 rings (SSSR count). The molecule has 1 aromatic carbocycles. The van der Waals surface area contributed by atoms with Gasteiger partial charge in [-0.05, 0) is 37.3 Å². The number of aromatic nitrogens is 1. The number of aliphatic hydroxyl groups is 1. The number of rotatable bonds is 5. The molecule has 2 heterocycles. The molecule has 0 radical (unpaired) electrons. The second-order valence-corrected chi connectivity index (χ2v) is 10.4. The van der Waals surface area contributed by atoms with Crippen LogP contribution in [0.2, 0.25) is 0 Å². The largest absolute Gasteiger partial charge is 0.487 e. The minimum Gasteiger partial charge on any atom is -0.487 e. The molecule has 9 heteroatoms. The van der Waals surface area contributed by atoms with Crippen molar-refractivity contribution >= 4 is 15.9 Å². The molecule has 34 heavy (non-hydrogen) atoms. The van der Waals surface area contributed by atoms with E-state index in [9.17, 15) is 18.3 Å². The molecular formula is C25H31N3O5S. The number of ether oxygens (including phenoxy) is 1. The van der Waals surface area contributed by atoms with Gasteiger partial charge in [0, 0.05) is 55.5 Å². The van der Waals surface area contributed by atoms with Crippen LogP contribution < -0.4 is 4.74 Å². The number of nitrogens with zero attached hydrogens (tertiary/aromatic N) is 3. The second-order valence-electron chi connectivity index (χ2n) is 8.52. The lowest BCUT2D eigenvalue weighted by Gasteiger charge is -2.37. The Hall–Kier alpha value is -2.93. The van der Waals surface area contributed by atoms with Gasteiger partial charge in [0.25, 0.3) is 0 Å². The van der Waals surface area contributed by atoms with Gasteiger partial charge >= 0.3 is 0 Å². The smallest absolute Gasteiger partial charge is 0.247 e. The number of carbonyl (C=O) groups is 1. The van der Waals surface area contributed by atoms with Crippen LogP contribution in [-0.2, 0) is 14.8 Å². The van der Waals surface area contributed by atoms with E-state index in [1.54, 1.807) is 56.4 Å². The van der Waals surface area contributed by atoms with Crippen molar-refractivity contribution in [2.75, 3.05) is 26.7 Å². The monoisotopic (exact) mass is 485 g/mol. The Morgan fingerprint density at radius 1 is 1.32 bits per heavy atom. The van der Waals surface area contributed by atoms with Crippen LogP contribution >= 0.6 is 0 Å². The molecule has 0 saturated carbocycles. The molecule has 3 atom stereocenters. The number of pyridine rings is 1. The number of likely N-dealkylation sites (N-methyl/N-ethyl adjacent to an activating group) is 1. The lowest BCUT2D eigenvalue weighted by Crippen LogP contribution is -2.50. The van der Waals surface area contributed by atoms with Gasteiger partial charge in [-0.15, -0.1) is 0 Å². The first-order valence-electron chi connectivity index (χ1n) is 11.3. The SMILES string of the molecule is CCC(=O)N(C)C[C@H]1Oc2cc(C#Cc3cccnc3)ccc2S(=O)(=O)N([C@H](C)CO)C[C@H]1C. The van der Waals surface area contributed by atoms with Crippen molar-refractivity contribution in [1.29, 1.82) is 0 Å². The molecule has 8 nitrogen and oxygen atoms in total. The van der Waals surface area contributed by atoms with Crippen LogP contribution in [0.25, 0.3) is 0 Å². The Morgan fingerprint density at radius 2 is 2.06 bits per heavy atom. The molecule has 1 aliphatic rings. The highest BCUT2D eigenvalue weighted by atomic mass is 32.2. The molecule has 1 amide bonds. The van der Waals surface area contributed by atoms with Gasteiger partial charge in [0.2, 0.25) is 15.9 Å². The van der Waals surface area contributed by atoms with Gasteiger partial charge in [-0.2, -0.15) is 4.31 Å². The maximum atomic E-state index is 13.5. The summed E-state index contributed by atoms with van der Waals surface area (Å²) in [6.45, 7) is 5.50. The number of amides is 1. The van der Waals surface area contributed by atoms with E-state index in [1.165, 1.54) is 10.4 Å². The van der Waals surface area contributed by atoms with Gasteiger partial charge in [0.1, 0.15) is 16.7 Å². The lowest BCUT2D eigenvalue weighted by molar-refractivity contribution is -0.131. The number of fused-ring (bicyclic) bond motifs is 1. The number of hydrogen-bond donors (Lipinski definition) is 1. The Labute approximate surface area is 201 Å². The maximum Gasteiger partial charge on any atom is 0.247 e. The summed E-state index contributed by atoms with van der Waals surface area (Å²) in [5, 5.41) is 9.74. The topological polar surface area (TPSA) is 100 Å². The predicted octanol–water partition coefficient (Wildman–Crippen LogP) is 2.12. The first-order chi connectivity index (χ1) is 16.2. The number of aliphatic hydroxyl groups excluding tert-OH is 1. The van der Waals surface area contributed by atoms with Crippen molar-refractivity contribution in [3.8, 4) is 17.6 Å². The molecule has 2 aromatic rings. The summed E-state index contributed by atoms with van der Waals surface area (Å²) >= 11 is 0. The van der Waals surface area contributed by atoms with Crippen molar-refractivity contribution in [2.24, 2.45) is 5.92 Å². The van der Waals surface area contributed by atoms with Gasteiger partial charge < -0.3 is 14.7 Å². The Kier molecular flexibility index (Phi) is 8.31. The highest BCUT2D eigenvalue weighted by Gasteiger charge is 2.38. The Morgan fingerprint density at radius 3 is 2.71 bits per heavy atom. The van der Waals surface area contributed by atoms with E-state index in [0.29, 0.717) is 18.5 Å². The van der Waals surface area contributed by atoms with Crippen LogP contribution in [0.3, 0.4) is 0 Å². The fourth-order valence-corrected chi connectivity index (χ4v) is 5.57. The first-order valence-corrected chi connectivity index (χ1v) is 12.7. The van der Waals surface area contributed by atoms with E-state index in [-0.39, 0.29) is 35.6 Å². The van der Waals surface area contributed by atoms with Gasteiger partial charge in [-0.1, -0.05) is 25.7 Å². The van der Waals surface area contributed by atoms with Gasteiger partial charge in [0.05, 0.1) is 13.2 Å². The zero-order valence-electron chi connectivity index (χ0n) is 19.9. The van der Waals surface area contributed by atoms with E-state index in [2.05, 4.69) is 16.8 Å². The van der Waals surface area contributed by atoms with Crippen LogP contribution in [0.15, 0.2) is 47.6 Å².